The molecule has 1 heterocycles. The average molecular weight is 242 g/mol. The predicted octanol–water partition coefficient (Wildman–Crippen LogP) is 3.46. The van der Waals surface area contributed by atoms with Crippen molar-refractivity contribution < 1.29 is 0 Å². The third kappa shape index (κ3) is 2.67. The lowest BCUT2D eigenvalue weighted by Crippen LogP contribution is -2.15. The summed E-state index contributed by atoms with van der Waals surface area (Å²) in [6.07, 6.45) is 6.15. The standard InChI is InChI=1S/C11H18N2S2/c1-7-8(2)15-11(12-7)13-9-4-5-10(6-9)14-3/h9-10H,4-6H2,1-3H3,(H,12,13). The molecule has 0 amide bonds. The van der Waals surface area contributed by atoms with Gasteiger partial charge in [-0.05, 0) is 39.4 Å². The minimum absolute atomic E-state index is 0.646. The Hall–Kier alpha value is -0.220. The summed E-state index contributed by atoms with van der Waals surface area (Å²) in [4.78, 5) is 5.86. The molecule has 84 valence electrons. The summed E-state index contributed by atoms with van der Waals surface area (Å²) in [6, 6.07) is 0.646. The number of thiazole rings is 1. The van der Waals surface area contributed by atoms with E-state index in [4.69, 9.17) is 0 Å². The van der Waals surface area contributed by atoms with E-state index in [0.717, 1.165) is 10.4 Å². The zero-order chi connectivity index (χ0) is 10.8. The summed E-state index contributed by atoms with van der Waals surface area (Å²) in [6.45, 7) is 4.22. The molecular weight excluding hydrogens is 224 g/mol. The molecule has 2 atom stereocenters. The van der Waals surface area contributed by atoms with Crippen molar-refractivity contribution in [2.45, 2.75) is 44.4 Å². The smallest absolute Gasteiger partial charge is 0.183 e. The van der Waals surface area contributed by atoms with Gasteiger partial charge in [0.1, 0.15) is 0 Å². The number of aryl methyl sites for hydroxylation is 2. The number of anilines is 1. The molecule has 2 rings (SSSR count). The summed E-state index contributed by atoms with van der Waals surface area (Å²) in [5.74, 6) is 0. The first-order valence-electron chi connectivity index (χ1n) is 5.42. The van der Waals surface area contributed by atoms with Crippen molar-refractivity contribution in [3.8, 4) is 0 Å². The zero-order valence-electron chi connectivity index (χ0n) is 9.54. The Labute approximate surface area is 99.9 Å². The van der Waals surface area contributed by atoms with E-state index in [2.05, 4.69) is 30.4 Å². The van der Waals surface area contributed by atoms with Gasteiger partial charge in [0.2, 0.25) is 0 Å². The third-order valence-corrected chi connectivity index (χ3v) is 5.17. The van der Waals surface area contributed by atoms with Gasteiger partial charge in [-0.2, -0.15) is 11.8 Å². The molecule has 1 aromatic heterocycles. The van der Waals surface area contributed by atoms with Crippen LogP contribution in [0.1, 0.15) is 29.8 Å². The van der Waals surface area contributed by atoms with Crippen LogP contribution in [0.3, 0.4) is 0 Å². The molecule has 1 fully saturated rings. The molecule has 1 N–H and O–H groups in total. The molecule has 0 aromatic carbocycles. The van der Waals surface area contributed by atoms with Crippen LogP contribution in [0.5, 0.6) is 0 Å². The van der Waals surface area contributed by atoms with Crippen molar-refractivity contribution in [3.05, 3.63) is 10.6 Å². The number of thioether (sulfide) groups is 1. The third-order valence-electron chi connectivity index (χ3n) is 3.07. The largest absolute Gasteiger partial charge is 0.359 e. The van der Waals surface area contributed by atoms with E-state index in [-0.39, 0.29) is 0 Å². The first kappa shape index (κ1) is 11.3. The van der Waals surface area contributed by atoms with Crippen LogP contribution in [-0.4, -0.2) is 22.5 Å². The average Bonchev–Trinajstić information content (AvgIpc) is 2.76. The van der Waals surface area contributed by atoms with Crippen molar-refractivity contribution >= 4 is 28.2 Å². The van der Waals surface area contributed by atoms with Gasteiger partial charge in [0, 0.05) is 16.2 Å². The number of nitrogens with zero attached hydrogens (tertiary/aromatic N) is 1. The van der Waals surface area contributed by atoms with Gasteiger partial charge in [-0.3, -0.25) is 0 Å². The number of rotatable bonds is 3. The molecule has 0 bridgehead atoms. The van der Waals surface area contributed by atoms with Gasteiger partial charge >= 0.3 is 0 Å². The van der Waals surface area contributed by atoms with Crippen LogP contribution in [0, 0.1) is 13.8 Å². The number of nitrogens with one attached hydrogen (secondary N) is 1. The van der Waals surface area contributed by atoms with E-state index in [1.54, 1.807) is 11.3 Å². The fourth-order valence-electron chi connectivity index (χ4n) is 1.99. The Morgan fingerprint density at radius 1 is 1.40 bits per heavy atom. The lowest BCUT2D eigenvalue weighted by Gasteiger charge is -2.10. The Balaban J connectivity index is 1.92. The summed E-state index contributed by atoms with van der Waals surface area (Å²) in [7, 11) is 0. The maximum atomic E-state index is 4.53. The van der Waals surface area contributed by atoms with Gasteiger partial charge in [0.05, 0.1) is 5.69 Å². The van der Waals surface area contributed by atoms with E-state index < -0.39 is 0 Å². The quantitative estimate of drug-likeness (QED) is 0.878. The molecule has 0 saturated heterocycles. The predicted molar refractivity (Wildman–Crippen MR) is 70.2 cm³/mol. The van der Waals surface area contributed by atoms with E-state index in [9.17, 15) is 0 Å². The van der Waals surface area contributed by atoms with Gasteiger partial charge in [-0.15, -0.1) is 11.3 Å². The Morgan fingerprint density at radius 2 is 2.20 bits per heavy atom. The molecule has 4 heteroatoms. The number of hydrogen-bond donors (Lipinski definition) is 1. The normalized spacial score (nSPS) is 25.8. The van der Waals surface area contributed by atoms with Crippen LogP contribution in [0.2, 0.25) is 0 Å². The molecule has 1 aliphatic carbocycles. The topological polar surface area (TPSA) is 24.9 Å². The van der Waals surface area contributed by atoms with Gasteiger partial charge in [-0.1, -0.05) is 0 Å². The minimum Gasteiger partial charge on any atom is -0.359 e. The summed E-state index contributed by atoms with van der Waals surface area (Å²) in [5, 5.41) is 5.52. The van der Waals surface area contributed by atoms with Crippen molar-refractivity contribution in [1.29, 1.82) is 0 Å². The SMILES string of the molecule is CSC1CCC(Nc2nc(C)c(C)s2)C1. The minimum atomic E-state index is 0.646. The van der Waals surface area contributed by atoms with Crippen LogP contribution < -0.4 is 5.32 Å². The summed E-state index contributed by atoms with van der Waals surface area (Å²) >= 11 is 3.78. The molecule has 2 unspecified atom stereocenters. The van der Waals surface area contributed by atoms with E-state index >= 15 is 0 Å². The fourth-order valence-corrected chi connectivity index (χ4v) is 3.68. The zero-order valence-corrected chi connectivity index (χ0v) is 11.2. The highest BCUT2D eigenvalue weighted by Crippen LogP contribution is 2.31. The highest BCUT2D eigenvalue weighted by atomic mass is 32.2. The molecule has 1 saturated carbocycles. The Bertz CT molecular complexity index is 316. The summed E-state index contributed by atoms with van der Waals surface area (Å²) in [5.41, 5.74) is 1.17. The van der Waals surface area contributed by atoms with Gasteiger partial charge < -0.3 is 5.32 Å². The molecule has 1 aromatic rings. The molecule has 2 nitrogen and oxygen atoms in total. The van der Waals surface area contributed by atoms with Crippen molar-refractivity contribution in [2.24, 2.45) is 0 Å². The fraction of sp³-hybridized carbons (Fsp3) is 0.727. The first-order valence-corrected chi connectivity index (χ1v) is 7.53. The van der Waals surface area contributed by atoms with Crippen molar-refractivity contribution in [2.75, 3.05) is 11.6 Å². The van der Waals surface area contributed by atoms with E-state index in [1.165, 1.54) is 29.8 Å². The van der Waals surface area contributed by atoms with Crippen LogP contribution in [0.15, 0.2) is 0 Å². The van der Waals surface area contributed by atoms with Crippen molar-refractivity contribution in [1.82, 2.24) is 4.98 Å². The maximum Gasteiger partial charge on any atom is 0.183 e. The van der Waals surface area contributed by atoms with E-state index in [1.807, 2.05) is 11.8 Å². The second kappa shape index (κ2) is 4.74. The molecule has 0 aliphatic heterocycles. The second-order valence-corrected chi connectivity index (χ2v) is 6.51. The highest BCUT2D eigenvalue weighted by Gasteiger charge is 2.24. The Morgan fingerprint density at radius 3 is 2.73 bits per heavy atom. The Kier molecular flexibility index (Phi) is 3.57. The molecule has 0 spiro atoms. The highest BCUT2D eigenvalue weighted by molar-refractivity contribution is 7.99. The number of hydrogen-bond acceptors (Lipinski definition) is 4. The van der Waals surface area contributed by atoms with E-state index in [0.29, 0.717) is 6.04 Å². The number of aromatic nitrogens is 1. The van der Waals surface area contributed by atoms with Crippen LogP contribution in [0.25, 0.3) is 0 Å². The van der Waals surface area contributed by atoms with Crippen LogP contribution in [0.4, 0.5) is 5.13 Å². The summed E-state index contributed by atoms with van der Waals surface area (Å²) < 4.78 is 0. The molecule has 15 heavy (non-hydrogen) atoms. The molecule has 0 radical (unpaired) electrons. The lowest BCUT2D eigenvalue weighted by atomic mass is 10.3. The monoisotopic (exact) mass is 242 g/mol. The van der Waals surface area contributed by atoms with Gasteiger partial charge in [-0.25, -0.2) is 4.98 Å². The first-order chi connectivity index (χ1) is 7.19. The lowest BCUT2D eigenvalue weighted by molar-refractivity contribution is 0.755. The second-order valence-electron chi connectivity index (χ2n) is 4.17. The molecule has 1 aliphatic rings. The van der Waals surface area contributed by atoms with Gasteiger partial charge in [0.25, 0.3) is 0 Å². The van der Waals surface area contributed by atoms with Crippen LogP contribution >= 0.6 is 23.1 Å². The maximum absolute atomic E-state index is 4.53. The van der Waals surface area contributed by atoms with Crippen LogP contribution in [-0.2, 0) is 0 Å². The molecular formula is C11H18N2S2. The van der Waals surface area contributed by atoms with Gasteiger partial charge in [0.15, 0.2) is 5.13 Å². The van der Waals surface area contributed by atoms with Crippen molar-refractivity contribution in [3.63, 3.8) is 0 Å².